The fourth-order valence-electron chi connectivity index (χ4n) is 3.51. The van der Waals surface area contributed by atoms with Gasteiger partial charge in [0.1, 0.15) is 17.3 Å². The molecule has 0 saturated carbocycles. The van der Waals surface area contributed by atoms with Crippen LogP contribution in [-0.2, 0) is 11.8 Å². The topological polar surface area (TPSA) is 107 Å². The van der Waals surface area contributed by atoms with Crippen molar-refractivity contribution in [1.29, 1.82) is 0 Å². The number of aromatic nitrogens is 3. The first-order valence-electron chi connectivity index (χ1n) is 12.4. The molecule has 0 radical (unpaired) electrons. The highest BCUT2D eigenvalue weighted by Crippen LogP contribution is 2.34. The fourth-order valence-corrected chi connectivity index (χ4v) is 4.17. The molecule has 37 heavy (non-hydrogen) atoms. The molecule has 0 unspecified atom stereocenters. The van der Waals surface area contributed by atoms with Crippen LogP contribution in [0.2, 0.25) is 0 Å². The smallest absolute Gasteiger partial charge is 0.279 e. The van der Waals surface area contributed by atoms with Crippen LogP contribution in [-0.4, -0.2) is 48.2 Å². The number of carbonyl (C=O) groups excluding carboxylic acids is 1. The number of carbonyl (C=O) groups is 1. The van der Waals surface area contributed by atoms with E-state index < -0.39 is 5.91 Å². The van der Waals surface area contributed by atoms with Crippen molar-refractivity contribution in [3.05, 3.63) is 46.2 Å². The molecule has 0 aliphatic rings. The van der Waals surface area contributed by atoms with Gasteiger partial charge in [0.15, 0.2) is 5.69 Å². The predicted octanol–water partition coefficient (Wildman–Crippen LogP) is 5.53. The van der Waals surface area contributed by atoms with Crippen molar-refractivity contribution >= 4 is 22.9 Å². The maximum atomic E-state index is 13.0. The van der Waals surface area contributed by atoms with E-state index in [4.69, 9.17) is 14.2 Å². The van der Waals surface area contributed by atoms with Crippen molar-refractivity contribution in [2.75, 3.05) is 32.6 Å². The number of hydrogen-bond donors (Lipinski definition) is 2. The number of thiazole rings is 1. The van der Waals surface area contributed by atoms with Crippen LogP contribution in [0.1, 0.15) is 68.0 Å². The molecule has 0 atom stereocenters. The molecule has 0 bridgehead atoms. The Morgan fingerprint density at radius 2 is 1.76 bits per heavy atom. The number of ether oxygens (including phenoxy) is 3. The molecular weight excluding hydrogens is 490 g/mol. The predicted molar refractivity (Wildman–Crippen MR) is 147 cm³/mol. The Bertz CT molecular complexity index is 1180. The van der Waals surface area contributed by atoms with Gasteiger partial charge >= 0.3 is 0 Å². The Balaban J connectivity index is 1.73. The van der Waals surface area contributed by atoms with E-state index in [1.165, 1.54) is 25.6 Å². The van der Waals surface area contributed by atoms with Gasteiger partial charge < -0.3 is 24.8 Å². The van der Waals surface area contributed by atoms with E-state index >= 15 is 0 Å². The van der Waals surface area contributed by atoms with Crippen LogP contribution in [0.4, 0.5) is 5.69 Å². The summed E-state index contributed by atoms with van der Waals surface area (Å²) in [7, 11) is 2.99. The summed E-state index contributed by atoms with van der Waals surface area (Å²) >= 11 is 1.25. The molecule has 1 aromatic carbocycles. The van der Waals surface area contributed by atoms with E-state index in [0.717, 1.165) is 37.1 Å². The Morgan fingerprint density at radius 1 is 1.05 bits per heavy atom. The SMILES string of the molecule is CCCNCCCc1nc(OC)c(NC(=O)c2csc(Oc3cc(C(C)(C)C)ccc3C)n2)c(OC)n1. The summed E-state index contributed by atoms with van der Waals surface area (Å²) < 4.78 is 16.9. The van der Waals surface area contributed by atoms with Gasteiger partial charge in [-0.05, 0) is 55.5 Å². The molecule has 0 aliphatic carbocycles. The average molecular weight is 528 g/mol. The molecule has 200 valence electrons. The third kappa shape index (κ3) is 7.62. The van der Waals surface area contributed by atoms with Gasteiger partial charge in [0.05, 0.1) is 14.2 Å². The number of methoxy groups -OCH3 is 2. The highest BCUT2D eigenvalue weighted by molar-refractivity contribution is 7.11. The van der Waals surface area contributed by atoms with Crippen LogP contribution in [0.15, 0.2) is 23.6 Å². The number of anilines is 1. The number of aryl methyl sites for hydroxylation is 2. The molecule has 2 N–H and O–H groups in total. The zero-order chi connectivity index (χ0) is 27.0. The van der Waals surface area contributed by atoms with E-state index in [1.807, 2.05) is 19.1 Å². The second kappa shape index (κ2) is 12.8. The van der Waals surface area contributed by atoms with Crippen LogP contribution in [0.25, 0.3) is 0 Å². The maximum absolute atomic E-state index is 13.0. The average Bonchev–Trinajstić information content (AvgIpc) is 3.33. The minimum absolute atomic E-state index is 0.0125. The van der Waals surface area contributed by atoms with Gasteiger partial charge in [-0.15, -0.1) is 0 Å². The molecule has 9 nitrogen and oxygen atoms in total. The molecule has 0 spiro atoms. The monoisotopic (exact) mass is 527 g/mol. The molecule has 0 saturated heterocycles. The first-order valence-corrected chi connectivity index (χ1v) is 13.3. The lowest BCUT2D eigenvalue weighted by atomic mass is 9.86. The van der Waals surface area contributed by atoms with Crippen molar-refractivity contribution in [1.82, 2.24) is 20.3 Å². The number of benzene rings is 1. The van der Waals surface area contributed by atoms with Crippen LogP contribution in [0, 0.1) is 6.92 Å². The lowest BCUT2D eigenvalue weighted by Crippen LogP contribution is -2.18. The quantitative estimate of drug-likeness (QED) is 0.296. The second-order valence-corrected chi connectivity index (χ2v) is 10.5. The standard InChI is InChI=1S/C27H37N5O4S/c1-8-13-28-14-9-10-21-30-24(34-6)22(25(31-21)35-7)32-23(33)19-16-37-26(29-19)36-20-15-18(27(3,4)5)12-11-17(20)2/h11-12,15-16,28H,8-10,13-14H2,1-7H3,(H,32,33). The number of nitrogens with zero attached hydrogens (tertiary/aromatic N) is 3. The summed E-state index contributed by atoms with van der Waals surface area (Å²) in [5.41, 5.74) is 2.60. The minimum atomic E-state index is -0.442. The maximum Gasteiger partial charge on any atom is 0.279 e. The molecular formula is C27H37N5O4S. The summed E-state index contributed by atoms with van der Waals surface area (Å²) in [4.78, 5) is 26.3. The number of rotatable bonds is 12. The molecule has 0 fully saturated rings. The normalized spacial score (nSPS) is 11.3. The van der Waals surface area contributed by atoms with Gasteiger partial charge in [0.25, 0.3) is 11.1 Å². The number of hydrogen-bond acceptors (Lipinski definition) is 9. The lowest BCUT2D eigenvalue weighted by molar-refractivity contribution is 0.102. The Hall–Kier alpha value is -3.24. The molecule has 2 aromatic heterocycles. The van der Waals surface area contributed by atoms with E-state index in [0.29, 0.717) is 23.2 Å². The minimum Gasteiger partial charge on any atom is -0.479 e. The van der Waals surface area contributed by atoms with E-state index in [-0.39, 0.29) is 28.6 Å². The van der Waals surface area contributed by atoms with Gasteiger partial charge in [-0.2, -0.15) is 15.0 Å². The fraction of sp³-hybridized carbons (Fsp3) is 0.481. The van der Waals surface area contributed by atoms with E-state index in [2.05, 4.69) is 59.3 Å². The van der Waals surface area contributed by atoms with Gasteiger partial charge in [-0.3, -0.25) is 4.79 Å². The van der Waals surface area contributed by atoms with E-state index in [9.17, 15) is 4.79 Å². The first-order chi connectivity index (χ1) is 17.7. The van der Waals surface area contributed by atoms with Crippen molar-refractivity contribution in [2.24, 2.45) is 0 Å². The van der Waals surface area contributed by atoms with Crippen LogP contribution in [0.3, 0.4) is 0 Å². The Morgan fingerprint density at radius 3 is 2.38 bits per heavy atom. The molecule has 2 heterocycles. The lowest BCUT2D eigenvalue weighted by Gasteiger charge is -2.20. The summed E-state index contributed by atoms with van der Waals surface area (Å²) in [6.45, 7) is 12.4. The Labute approximate surface area is 223 Å². The first kappa shape index (κ1) is 28.3. The van der Waals surface area contributed by atoms with Crippen LogP contribution < -0.4 is 24.8 Å². The van der Waals surface area contributed by atoms with Gasteiger partial charge in [-0.1, -0.05) is 51.2 Å². The highest BCUT2D eigenvalue weighted by Gasteiger charge is 2.22. The van der Waals surface area contributed by atoms with E-state index in [1.54, 1.807) is 5.38 Å². The van der Waals surface area contributed by atoms with Crippen LogP contribution in [0.5, 0.6) is 22.7 Å². The largest absolute Gasteiger partial charge is 0.479 e. The zero-order valence-corrected chi connectivity index (χ0v) is 23.5. The summed E-state index contributed by atoms with van der Waals surface area (Å²) in [5, 5.41) is 8.17. The van der Waals surface area contributed by atoms with Crippen LogP contribution >= 0.6 is 11.3 Å². The van der Waals surface area contributed by atoms with Crippen molar-refractivity contribution in [3.63, 3.8) is 0 Å². The summed E-state index contributed by atoms with van der Waals surface area (Å²) in [6, 6.07) is 6.15. The van der Waals surface area contributed by atoms with Gasteiger partial charge in [-0.25, -0.2) is 0 Å². The third-order valence-corrected chi connectivity index (χ3v) is 6.38. The molecule has 3 rings (SSSR count). The number of amides is 1. The zero-order valence-electron chi connectivity index (χ0n) is 22.7. The summed E-state index contributed by atoms with van der Waals surface area (Å²) in [6.07, 6.45) is 2.61. The Kier molecular flexibility index (Phi) is 9.82. The van der Waals surface area contributed by atoms with Crippen molar-refractivity contribution in [2.45, 2.75) is 59.3 Å². The van der Waals surface area contributed by atoms with Crippen molar-refractivity contribution in [3.8, 4) is 22.7 Å². The third-order valence-electron chi connectivity index (χ3n) is 5.66. The van der Waals surface area contributed by atoms with Gasteiger partial charge in [0, 0.05) is 11.8 Å². The number of nitrogens with one attached hydrogen (secondary N) is 2. The molecule has 3 aromatic rings. The van der Waals surface area contributed by atoms with Crippen molar-refractivity contribution < 1.29 is 19.0 Å². The van der Waals surface area contributed by atoms with Gasteiger partial charge in [0.2, 0.25) is 11.8 Å². The summed E-state index contributed by atoms with van der Waals surface area (Å²) in [5.74, 6) is 1.33. The highest BCUT2D eigenvalue weighted by atomic mass is 32.1. The molecule has 10 heteroatoms. The molecule has 1 amide bonds. The second-order valence-electron chi connectivity index (χ2n) is 9.67. The molecule has 0 aliphatic heterocycles.